The normalized spacial score (nSPS) is 17.1. The molecule has 1 fully saturated rings. The number of hydrazine groups is 1. The number of nitrogens with two attached hydrogens (primary N) is 1. The first-order valence-corrected chi connectivity index (χ1v) is 6.86. The van der Waals surface area contributed by atoms with Gasteiger partial charge in [-0.15, -0.1) is 11.3 Å². The van der Waals surface area contributed by atoms with Crippen molar-refractivity contribution in [2.45, 2.75) is 44.8 Å². The molecule has 17 heavy (non-hydrogen) atoms. The first-order chi connectivity index (χ1) is 8.20. The van der Waals surface area contributed by atoms with Crippen LogP contribution in [-0.2, 0) is 11.3 Å². The second kappa shape index (κ2) is 5.62. The number of carbonyl (C=O) groups is 1. The van der Waals surface area contributed by atoms with Gasteiger partial charge in [-0.1, -0.05) is 6.07 Å². The van der Waals surface area contributed by atoms with Crippen LogP contribution in [-0.4, -0.2) is 22.9 Å². The van der Waals surface area contributed by atoms with E-state index in [-0.39, 0.29) is 11.9 Å². The zero-order valence-electron chi connectivity index (χ0n) is 10.1. The second-order valence-electron chi connectivity index (χ2n) is 4.60. The Morgan fingerprint density at radius 3 is 3.00 bits per heavy atom. The van der Waals surface area contributed by atoms with Crippen LogP contribution in [0.3, 0.4) is 0 Å². The Labute approximate surface area is 106 Å². The van der Waals surface area contributed by atoms with E-state index in [0.717, 1.165) is 6.54 Å². The largest absolute Gasteiger partial charge is 0.294 e. The molecular weight excluding hydrogens is 234 g/mol. The minimum absolute atomic E-state index is 0.0886. The summed E-state index contributed by atoms with van der Waals surface area (Å²) < 4.78 is 0. The number of nitrogens with zero attached hydrogens (tertiary/aromatic N) is 1. The van der Waals surface area contributed by atoms with Crippen LogP contribution in [0.4, 0.5) is 0 Å². The molecule has 1 aromatic heterocycles. The minimum Gasteiger partial charge on any atom is -0.294 e. The summed E-state index contributed by atoms with van der Waals surface area (Å²) in [5.41, 5.74) is 2.21. The number of rotatable bonds is 6. The average molecular weight is 253 g/mol. The van der Waals surface area contributed by atoms with E-state index >= 15 is 0 Å². The van der Waals surface area contributed by atoms with Gasteiger partial charge in [0.15, 0.2) is 0 Å². The predicted molar refractivity (Wildman–Crippen MR) is 69.3 cm³/mol. The smallest absolute Gasteiger partial charge is 0.235 e. The minimum atomic E-state index is -0.0886. The van der Waals surface area contributed by atoms with Gasteiger partial charge in [-0.2, -0.15) is 0 Å². The summed E-state index contributed by atoms with van der Waals surface area (Å²) in [4.78, 5) is 15.1. The summed E-state index contributed by atoms with van der Waals surface area (Å²) in [5.74, 6) is 5.04. The zero-order chi connectivity index (χ0) is 12.3. The van der Waals surface area contributed by atoms with Gasteiger partial charge in [0.25, 0.3) is 0 Å². The monoisotopic (exact) mass is 253 g/mol. The van der Waals surface area contributed by atoms with Gasteiger partial charge in [-0.05, 0) is 31.2 Å². The lowest BCUT2D eigenvalue weighted by atomic mass is 10.2. The van der Waals surface area contributed by atoms with E-state index in [1.165, 1.54) is 17.7 Å². The van der Waals surface area contributed by atoms with Crippen molar-refractivity contribution in [1.82, 2.24) is 10.3 Å². The van der Waals surface area contributed by atoms with Crippen LogP contribution in [0.2, 0.25) is 0 Å². The Hall–Kier alpha value is -0.910. The fraction of sp³-hybridized carbons (Fsp3) is 0.583. The Balaban J connectivity index is 1.94. The van der Waals surface area contributed by atoms with Gasteiger partial charge in [0, 0.05) is 29.9 Å². The lowest BCUT2D eigenvalue weighted by Gasteiger charge is -2.28. The Bertz CT molecular complexity index is 362. The molecule has 0 bridgehead atoms. The number of hydrogen-bond acceptors (Lipinski definition) is 4. The number of nitrogens with one attached hydrogen (secondary N) is 1. The van der Waals surface area contributed by atoms with Crippen molar-refractivity contribution in [1.29, 1.82) is 0 Å². The maximum absolute atomic E-state index is 11.3. The maximum Gasteiger partial charge on any atom is 0.235 e. The molecule has 1 aromatic rings. The van der Waals surface area contributed by atoms with Gasteiger partial charge >= 0.3 is 0 Å². The topological polar surface area (TPSA) is 58.4 Å². The summed E-state index contributed by atoms with van der Waals surface area (Å²) in [6.45, 7) is 3.04. The standard InChI is InChI=1S/C12H19N3OS/c1-9(7-12(16)14-13)15(10-4-5-10)8-11-3-2-6-17-11/h2-3,6,9-10H,4-5,7-8,13H2,1H3,(H,14,16). The van der Waals surface area contributed by atoms with Gasteiger partial charge < -0.3 is 0 Å². The van der Waals surface area contributed by atoms with Crippen LogP contribution in [0.25, 0.3) is 0 Å². The van der Waals surface area contributed by atoms with Gasteiger partial charge in [-0.25, -0.2) is 5.84 Å². The number of hydrogen-bond donors (Lipinski definition) is 2. The lowest BCUT2D eigenvalue weighted by Crippen LogP contribution is -2.40. The van der Waals surface area contributed by atoms with E-state index in [1.54, 1.807) is 11.3 Å². The third kappa shape index (κ3) is 3.52. The van der Waals surface area contributed by atoms with Crippen molar-refractivity contribution in [2.24, 2.45) is 5.84 Å². The quantitative estimate of drug-likeness (QED) is 0.459. The van der Waals surface area contributed by atoms with Gasteiger partial charge in [0.1, 0.15) is 0 Å². The molecule has 0 radical (unpaired) electrons. The Kier molecular flexibility index (Phi) is 4.15. The van der Waals surface area contributed by atoms with E-state index in [1.807, 2.05) is 0 Å². The summed E-state index contributed by atoms with van der Waals surface area (Å²) >= 11 is 1.77. The predicted octanol–water partition coefficient (Wildman–Crippen LogP) is 1.48. The highest BCUT2D eigenvalue weighted by atomic mass is 32.1. The molecule has 1 amide bonds. The fourth-order valence-corrected chi connectivity index (χ4v) is 2.79. The van der Waals surface area contributed by atoms with Crippen LogP contribution in [0.1, 0.15) is 31.1 Å². The zero-order valence-corrected chi connectivity index (χ0v) is 10.9. The molecule has 1 aliphatic carbocycles. The van der Waals surface area contributed by atoms with Crippen LogP contribution in [0, 0.1) is 0 Å². The van der Waals surface area contributed by atoms with Crippen molar-refractivity contribution in [3.63, 3.8) is 0 Å². The molecule has 1 atom stereocenters. The SMILES string of the molecule is CC(CC(=O)NN)N(Cc1cccs1)C1CC1. The van der Waals surface area contributed by atoms with E-state index in [4.69, 9.17) is 5.84 Å². The molecule has 5 heteroatoms. The highest BCUT2D eigenvalue weighted by Gasteiger charge is 2.32. The number of amides is 1. The van der Waals surface area contributed by atoms with Crippen LogP contribution >= 0.6 is 11.3 Å². The third-order valence-corrected chi connectivity index (χ3v) is 4.00. The van der Waals surface area contributed by atoms with E-state index in [2.05, 4.69) is 34.8 Å². The first kappa shape index (κ1) is 12.5. The summed E-state index contributed by atoms with van der Waals surface area (Å²) in [7, 11) is 0. The van der Waals surface area contributed by atoms with E-state index < -0.39 is 0 Å². The molecule has 4 nitrogen and oxygen atoms in total. The van der Waals surface area contributed by atoms with E-state index in [9.17, 15) is 4.79 Å². The molecule has 1 unspecified atom stereocenters. The summed E-state index contributed by atoms with van der Waals surface area (Å²) in [6, 6.07) is 5.11. The second-order valence-corrected chi connectivity index (χ2v) is 5.64. The molecule has 0 aromatic carbocycles. The molecule has 1 heterocycles. The molecule has 94 valence electrons. The fourth-order valence-electron chi connectivity index (χ4n) is 2.08. The molecule has 0 aliphatic heterocycles. The van der Waals surface area contributed by atoms with Crippen molar-refractivity contribution in [3.05, 3.63) is 22.4 Å². The maximum atomic E-state index is 11.3. The van der Waals surface area contributed by atoms with Crippen LogP contribution in [0.15, 0.2) is 17.5 Å². The van der Waals surface area contributed by atoms with Crippen molar-refractivity contribution in [2.75, 3.05) is 0 Å². The van der Waals surface area contributed by atoms with Crippen molar-refractivity contribution < 1.29 is 4.79 Å². The Morgan fingerprint density at radius 2 is 2.47 bits per heavy atom. The molecular formula is C12H19N3OS. The molecule has 1 saturated carbocycles. The van der Waals surface area contributed by atoms with Crippen LogP contribution in [0.5, 0.6) is 0 Å². The highest BCUT2D eigenvalue weighted by Crippen LogP contribution is 2.31. The number of carbonyl (C=O) groups excluding carboxylic acids is 1. The summed E-state index contributed by atoms with van der Waals surface area (Å²) in [5, 5.41) is 2.09. The molecule has 0 spiro atoms. The van der Waals surface area contributed by atoms with E-state index in [0.29, 0.717) is 12.5 Å². The van der Waals surface area contributed by atoms with Gasteiger partial charge in [0.2, 0.25) is 5.91 Å². The molecule has 2 rings (SSSR count). The lowest BCUT2D eigenvalue weighted by molar-refractivity contribution is -0.122. The van der Waals surface area contributed by atoms with Gasteiger partial charge in [0.05, 0.1) is 0 Å². The highest BCUT2D eigenvalue weighted by molar-refractivity contribution is 7.09. The Morgan fingerprint density at radius 1 is 1.71 bits per heavy atom. The third-order valence-electron chi connectivity index (χ3n) is 3.14. The molecule has 1 aliphatic rings. The van der Waals surface area contributed by atoms with Gasteiger partial charge in [-0.3, -0.25) is 15.1 Å². The molecule has 3 N–H and O–H groups in total. The van der Waals surface area contributed by atoms with Crippen molar-refractivity contribution in [3.8, 4) is 0 Å². The van der Waals surface area contributed by atoms with Crippen molar-refractivity contribution >= 4 is 17.2 Å². The first-order valence-electron chi connectivity index (χ1n) is 5.98. The number of thiophene rings is 1. The average Bonchev–Trinajstić information content (AvgIpc) is 3.03. The molecule has 0 saturated heterocycles. The van der Waals surface area contributed by atoms with Crippen LogP contribution < -0.4 is 11.3 Å². The summed E-state index contributed by atoms with van der Waals surface area (Å²) in [6.07, 6.45) is 2.97.